The standard InChI is InChI=1S/C11H11ClO5S/c1-2-11(13)17-8-7-16-9-3-5-10(6-4-9)18(12,14)15/h2-6H,1,7-8H2. The number of hydrogen-bond acceptors (Lipinski definition) is 5. The summed E-state index contributed by atoms with van der Waals surface area (Å²) in [6.45, 7) is 3.49. The molecule has 1 aromatic carbocycles. The molecule has 0 heterocycles. The Morgan fingerprint density at radius 1 is 1.28 bits per heavy atom. The minimum Gasteiger partial charge on any atom is -0.490 e. The van der Waals surface area contributed by atoms with Gasteiger partial charge in [0, 0.05) is 16.8 Å². The van der Waals surface area contributed by atoms with Crippen molar-refractivity contribution in [3.8, 4) is 5.75 Å². The molecule has 0 unspecified atom stereocenters. The van der Waals surface area contributed by atoms with Gasteiger partial charge in [-0.2, -0.15) is 0 Å². The van der Waals surface area contributed by atoms with Gasteiger partial charge in [0.05, 0.1) is 4.90 Å². The van der Waals surface area contributed by atoms with Crippen molar-refractivity contribution >= 4 is 25.7 Å². The summed E-state index contributed by atoms with van der Waals surface area (Å²) >= 11 is 0. The Kier molecular flexibility index (Phi) is 5.18. The van der Waals surface area contributed by atoms with E-state index < -0.39 is 15.0 Å². The van der Waals surface area contributed by atoms with Crippen LogP contribution in [0.3, 0.4) is 0 Å². The van der Waals surface area contributed by atoms with Crippen molar-refractivity contribution < 1.29 is 22.7 Å². The molecule has 0 aliphatic heterocycles. The quantitative estimate of drug-likeness (QED) is 0.345. The summed E-state index contributed by atoms with van der Waals surface area (Å²) < 4.78 is 31.9. The van der Waals surface area contributed by atoms with E-state index in [-0.39, 0.29) is 18.1 Å². The van der Waals surface area contributed by atoms with Gasteiger partial charge < -0.3 is 9.47 Å². The third kappa shape index (κ3) is 4.77. The summed E-state index contributed by atoms with van der Waals surface area (Å²) in [6.07, 6.45) is 1.06. The summed E-state index contributed by atoms with van der Waals surface area (Å²) in [7, 11) is 1.43. The zero-order valence-corrected chi connectivity index (χ0v) is 10.9. The lowest BCUT2D eigenvalue weighted by Crippen LogP contribution is -2.10. The first-order valence-corrected chi connectivity index (χ1v) is 7.21. The highest BCUT2D eigenvalue weighted by Gasteiger charge is 2.09. The Morgan fingerprint density at radius 2 is 1.89 bits per heavy atom. The fourth-order valence-corrected chi connectivity index (χ4v) is 1.83. The molecule has 0 amide bonds. The third-order valence-corrected chi connectivity index (χ3v) is 3.24. The van der Waals surface area contributed by atoms with E-state index in [9.17, 15) is 13.2 Å². The van der Waals surface area contributed by atoms with Crippen LogP contribution >= 0.6 is 10.7 Å². The number of hydrogen-bond donors (Lipinski definition) is 0. The highest BCUT2D eigenvalue weighted by Crippen LogP contribution is 2.18. The number of halogens is 1. The molecular formula is C11H11ClO5S. The molecule has 0 aliphatic rings. The monoisotopic (exact) mass is 290 g/mol. The zero-order valence-electron chi connectivity index (χ0n) is 9.34. The molecule has 7 heteroatoms. The summed E-state index contributed by atoms with van der Waals surface area (Å²) in [5.41, 5.74) is 0. The van der Waals surface area contributed by atoms with Crippen molar-refractivity contribution in [2.75, 3.05) is 13.2 Å². The van der Waals surface area contributed by atoms with Crippen molar-refractivity contribution in [2.24, 2.45) is 0 Å². The van der Waals surface area contributed by atoms with Gasteiger partial charge in [-0.1, -0.05) is 6.58 Å². The van der Waals surface area contributed by atoms with Crippen LogP contribution in [0.2, 0.25) is 0 Å². The normalized spacial score (nSPS) is 10.7. The first kappa shape index (κ1) is 14.5. The van der Waals surface area contributed by atoms with Gasteiger partial charge in [0.1, 0.15) is 19.0 Å². The lowest BCUT2D eigenvalue weighted by molar-refractivity contribution is -0.138. The Bertz CT molecular complexity index is 521. The Hall–Kier alpha value is -1.53. The van der Waals surface area contributed by atoms with Crippen LogP contribution in [0.25, 0.3) is 0 Å². The molecule has 18 heavy (non-hydrogen) atoms. The van der Waals surface area contributed by atoms with Gasteiger partial charge >= 0.3 is 5.97 Å². The predicted octanol–water partition coefficient (Wildman–Crippen LogP) is 1.72. The molecule has 98 valence electrons. The molecule has 0 aliphatic carbocycles. The maximum atomic E-state index is 11.0. The molecule has 0 atom stereocenters. The Labute approximate surface area is 109 Å². The van der Waals surface area contributed by atoms with Crippen LogP contribution in [0.15, 0.2) is 41.8 Å². The lowest BCUT2D eigenvalue weighted by atomic mass is 10.3. The number of carbonyl (C=O) groups is 1. The molecule has 0 aromatic heterocycles. The van der Waals surface area contributed by atoms with E-state index in [0.29, 0.717) is 5.75 Å². The number of carbonyl (C=O) groups excluding carboxylic acids is 1. The number of benzene rings is 1. The lowest BCUT2D eigenvalue weighted by Gasteiger charge is -2.06. The van der Waals surface area contributed by atoms with Crippen LogP contribution in [0, 0.1) is 0 Å². The van der Waals surface area contributed by atoms with Gasteiger partial charge in [0.25, 0.3) is 9.05 Å². The number of rotatable bonds is 6. The predicted molar refractivity (Wildman–Crippen MR) is 66.1 cm³/mol. The molecule has 1 aromatic rings. The van der Waals surface area contributed by atoms with Crippen molar-refractivity contribution in [1.29, 1.82) is 0 Å². The molecule has 0 bridgehead atoms. The molecule has 0 N–H and O–H groups in total. The van der Waals surface area contributed by atoms with Crippen LogP contribution in [-0.4, -0.2) is 27.6 Å². The summed E-state index contributed by atoms with van der Waals surface area (Å²) in [5.74, 6) is -0.0732. The summed E-state index contributed by atoms with van der Waals surface area (Å²) in [6, 6.07) is 5.58. The molecule has 1 rings (SSSR count). The smallest absolute Gasteiger partial charge is 0.330 e. The molecule has 0 saturated heterocycles. The first-order valence-electron chi connectivity index (χ1n) is 4.90. The molecular weight excluding hydrogens is 280 g/mol. The second kappa shape index (κ2) is 6.42. The summed E-state index contributed by atoms with van der Waals surface area (Å²) in [5, 5.41) is 0. The average molecular weight is 291 g/mol. The van der Waals surface area contributed by atoms with Gasteiger partial charge in [-0.25, -0.2) is 13.2 Å². The van der Waals surface area contributed by atoms with Gasteiger partial charge in [-0.3, -0.25) is 0 Å². The van der Waals surface area contributed by atoms with Gasteiger partial charge in [-0.15, -0.1) is 0 Å². The Morgan fingerprint density at radius 3 is 2.39 bits per heavy atom. The highest BCUT2D eigenvalue weighted by atomic mass is 35.7. The van der Waals surface area contributed by atoms with Crippen LogP contribution in [0.4, 0.5) is 0 Å². The van der Waals surface area contributed by atoms with Crippen LogP contribution < -0.4 is 4.74 Å². The van der Waals surface area contributed by atoms with E-state index in [1.807, 2.05) is 0 Å². The first-order chi connectivity index (χ1) is 8.43. The van der Waals surface area contributed by atoms with Gasteiger partial charge in [0.15, 0.2) is 0 Å². The van der Waals surface area contributed by atoms with E-state index in [0.717, 1.165) is 6.08 Å². The van der Waals surface area contributed by atoms with Crippen molar-refractivity contribution in [1.82, 2.24) is 0 Å². The maximum Gasteiger partial charge on any atom is 0.330 e. The fourth-order valence-electron chi connectivity index (χ4n) is 1.06. The van der Waals surface area contributed by atoms with E-state index >= 15 is 0 Å². The van der Waals surface area contributed by atoms with Gasteiger partial charge in [-0.05, 0) is 24.3 Å². The molecule has 0 radical (unpaired) electrons. The minimum atomic E-state index is -3.72. The average Bonchev–Trinajstić information content (AvgIpc) is 2.33. The molecule has 0 fully saturated rings. The molecule has 0 spiro atoms. The topological polar surface area (TPSA) is 69.7 Å². The zero-order chi connectivity index (χ0) is 13.6. The number of esters is 1. The molecule has 5 nitrogen and oxygen atoms in total. The van der Waals surface area contributed by atoms with E-state index in [1.165, 1.54) is 24.3 Å². The third-order valence-electron chi connectivity index (χ3n) is 1.87. The van der Waals surface area contributed by atoms with E-state index in [1.54, 1.807) is 0 Å². The second-order valence-corrected chi connectivity index (χ2v) is 5.70. The SMILES string of the molecule is C=CC(=O)OCCOc1ccc(S(=O)(=O)Cl)cc1. The molecule has 0 saturated carbocycles. The summed E-state index contributed by atoms with van der Waals surface area (Å²) in [4.78, 5) is 10.7. The fraction of sp³-hybridized carbons (Fsp3) is 0.182. The highest BCUT2D eigenvalue weighted by molar-refractivity contribution is 8.13. The number of ether oxygens (including phenoxy) is 2. The van der Waals surface area contributed by atoms with Gasteiger partial charge in [0.2, 0.25) is 0 Å². The van der Waals surface area contributed by atoms with Crippen molar-refractivity contribution in [3.05, 3.63) is 36.9 Å². The van der Waals surface area contributed by atoms with Crippen molar-refractivity contribution in [3.63, 3.8) is 0 Å². The van der Waals surface area contributed by atoms with E-state index in [2.05, 4.69) is 6.58 Å². The Balaban J connectivity index is 2.45. The van der Waals surface area contributed by atoms with Crippen LogP contribution in [0.1, 0.15) is 0 Å². The minimum absolute atomic E-state index is 0.00500. The van der Waals surface area contributed by atoms with E-state index in [4.69, 9.17) is 20.2 Å². The second-order valence-electron chi connectivity index (χ2n) is 3.13. The maximum absolute atomic E-state index is 11.0. The van der Waals surface area contributed by atoms with Crippen LogP contribution in [0.5, 0.6) is 5.75 Å². The largest absolute Gasteiger partial charge is 0.490 e. The van der Waals surface area contributed by atoms with Crippen LogP contribution in [-0.2, 0) is 18.6 Å². The van der Waals surface area contributed by atoms with Crippen molar-refractivity contribution in [2.45, 2.75) is 4.90 Å².